The molecule has 4 nitrogen and oxygen atoms in total. The van der Waals surface area contributed by atoms with E-state index in [2.05, 4.69) is 5.32 Å². The topological polar surface area (TPSA) is 64.3 Å². The Morgan fingerprint density at radius 1 is 1.39 bits per heavy atom. The number of nitrogens with two attached hydrogens (primary N) is 1. The van der Waals surface area contributed by atoms with Gasteiger partial charge in [-0.25, -0.2) is 0 Å². The fourth-order valence-corrected chi connectivity index (χ4v) is 1.45. The minimum atomic E-state index is -0.347. The number of para-hydroxylation sites is 1. The second kappa shape index (κ2) is 5.93. The van der Waals surface area contributed by atoms with Gasteiger partial charge >= 0.3 is 0 Å². The first-order valence-electron chi connectivity index (χ1n) is 5.62. The molecular formula is C13H18N2O2S. The molecule has 3 N–H and O–H groups in total. The summed E-state index contributed by atoms with van der Waals surface area (Å²) in [5, 5.41) is 2.73. The summed E-state index contributed by atoms with van der Waals surface area (Å²) in [6.07, 6.45) is 0. The van der Waals surface area contributed by atoms with E-state index in [1.807, 2.05) is 32.9 Å². The highest BCUT2D eigenvalue weighted by atomic mass is 32.1. The third kappa shape index (κ3) is 4.81. The number of nitrogens with one attached hydrogen (secondary N) is 1. The third-order valence-corrected chi connectivity index (χ3v) is 2.32. The van der Waals surface area contributed by atoms with Crippen LogP contribution in [-0.2, 0) is 9.53 Å². The molecule has 0 aliphatic carbocycles. The molecule has 0 atom stereocenters. The first-order chi connectivity index (χ1) is 8.29. The molecule has 0 fully saturated rings. The third-order valence-electron chi connectivity index (χ3n) is 2.10. The zero-order valence-electron chi connectivity index (χ0n) is 10.8. The van der Waals surface area contributed by atoms with Crippen molar-refractivity contribution in [3.05, 3.63) is 29.8 Å². The average molecular weight is 266 g/mol. The van der Waals surface area contributed by atoms with Crippen molar-refractivity contribution in [3.8, 4) is 0 Å². The van der Waals surface area contributed by atoms with E-state index in [9.17, 15) is 4.79 Å². The van der Waals surface area contributed by atoms with Crippen LogP contribution < -0.4 is 11.1 Å². The highest BCUT2D eigenvalue weighted by Gasteiger charge is 2.14. The number of carbonyl (C=O) groups is 1. The molecule has 1 rings (SSSR count). The lowest BCUT2D eigenvalue weighted by atomic mass is 10.2. The van der Waals surface area contributed by atoms with Crippen molar-refractivity contribution < 1.29 is 9.53 Å². The Labute approximate surface area is 113 Å². The fraction of sp³-hybridized carbons (Fsp3) is 0.385. The summed E-state index contributed by atoms with van der Waals surface area (Å²) in [5.74, 6) is -0.228. The number of thiocarbonyl (C=S) groups is 1. The van der Waals surface area contributed by atoms with Crippen LogP contribution in [0.25, 0.3) is 0 Å². The van der Waals surface area contributed by atoms with Crippen molar-refractivity contribution >= 4 is 28.8 Å². The number of carbonyl (C=O) groups excluding carboxylic acids is 1. The predicted molar refractivity (Wildman–Crippen MR) is 76.7 cm³/mol. The van der Waals surface area contributed by atoms with Gasteiger partial charge in [0.25, 0.3) is 0 Å². The molecular weight excluding hydrogens is 248 g/mol. The molecule has 0 unspecified atom stereocenters. The standard InChI is InChI=1S/C13H18N2O2S/c1-13(2,3)17-8-11(16)15-10-7-5-4-6-9(10)12(14)18/h4-7H,8H2,1-3H3,(H2,14,18)(H,15,16). The number of hydrogen-bond acceptors (Lipinski definition) is 3. The molecule has 5 heteroatoms. The van der Waals surface area contributed by atoms with Crippen LogP contribution in [0.5, 0.6) is 0 Å². The molecule has 1 aromatic rings. The number of ether oxygens (including phenoxy) is 1. The van der Waals surface area contributed by atoms with Gasteiger partial charge in [-0.15, -0.1) is 0 Å². The minimum Gasteiger partial charge on any atom is -0.389 e. The van der Waals surface area contributed by atoms with Gasteiger partial charge in [-0.2, -0.15) is 0 Å². The van der Waals surface area contributed by atoms with Gasteiger partial charge in [-0.3, -0.25) is 4.79 Å². The van der Waals surface area contributed by atoms with Crippen molar-refractivity contribution in [1.82, 2.24) is 0 Å². The van der Waals surface area contributed by atoms with Crippen LogP contribution in [0.15, 0.2) is 24.3 Å². The quantitative estimate of drug-likeness (QED) is 0.819. The lowest BCUT2D eigenvalue weighted by molar-refractivity contribution is -0.125. The second-order valence-corrected chi connectivity index (χ2v) is 5.30. The average Bonchev–Trinajstić information content (AvgIpc) is 2.26. The lowest BCUT2D eigenvalue weighted by Crippen LogP contribution is -2.27. The molecule has 0 aliphatic heterocycles. The maximum Gasteiger partial charge on any atom is 0.250 e. The zero-order chi connectivity index (χ0) is 13.8. The Hall–Kier alpha value is -1.46. The number of amides is 1. The summed E-state index contributed by atoms with van der Waals surface area (Å²) in [7, 11) is 0. The Kier molecular flexibility index (Phi) is 4.81. The van der Waals surface area contributed by atoms with Gasteiger partial charge in [0.15, 0.2) is 0 Å². The maximum atomic E-state index is 11.7. The highest BCUT2D eigenvalue weighted by Crippen LogP contribution is 2.15. The molecule has 0 heterocycles. The molecule has 0 saturated carbocycles. The monoisotopic (exact) mass is 266 g/mol. The van der Waals surface area contributed by atoms with Crippen molar-refractivity contribution in [3.63, 3.8) is 0 Å². The normalized spacial score (nSPS) is 11.1. The van der Waals surface area contributed by atoms with E-state index in [1.165, 1.54) is 0 Å². The fourth-order valence-electron chi connectivity index (χ4n) is 1.28. The van der Waals surface area contributed by atoms with Crippen LogP contribution in [0.2, 0.25) is 0 Å². The molecule has 0 saturated heterocycles. The van der Waals surface area contributed by atoms with Crippen LogP contribution in [-0.4, -0.2) is 23.1 Å². The lowest BCUT2D eigenvalue weighted by Gasteiger charge is -2.19. The molecule has 18 heavy (non-hydrogen) atoms. The van der Waals surface area contributed by atoms with E-state index >= 15 is 0 Å². The van der Waals surface area contributed by atoms with E-state index < -0.39 is 0 Å². The molecule has 98 valence electrons. The van der Waals surface area contributed by atoms with Crippen LogP contribution >= 0.6 is 12.2 Å². The summed E-state index contributed by atoms with van der Waals surface area (Å²) in [6.45, 7) is 5.67. The summed E-state index contributed by atoms with van der Waals surface area (Å²) in [4.78, 5) is 12.0. The summed E-state index contributed by atoms with van der Waals surface area (Å²) in [6, 6.07) is 7.14. The Morgan fingerprint density at radius 2 is 2.00 bits per heavy atom. The first-order valence-corrected chi connectivity index (χ1v) is 6.03. The molecule has 0 bridgehead atoms. The molecule has 1 amide bonds. The molecule has 0 spiro atoms. The van der Waals surface area contributed by atoms with Crippen LogP contribution in [0.1, 0.15) is 26.3 Å². The van der Waals surface area contributed by atoms with E-state index in [4.69, 9.17) is 22.7 Å². The zero-order valence-corrected chi connectivity index (χ0v) is 11.6. The van der Waals surface area contributed by atoms with Gasteiger partial charge in [0.2, 0.25) is 5.91 Å². The van der Waals surface area contributed by atoms with Gasteiger partial charge in [-0.05, 0) is 32.9 Å². The van der Waals surface area contributed by atoms with Gasteiger partial charge in [0, 0.05) is 5.56 Å². The van der Waals surface area contributed by atoms with E-state index in [1.54, 1.807) is 12.1 Å². The van der Waals surface area contributed by atoms with Crippen molar-refractivity contribution in [1.29, 1.82) is 0 Å². The summed E-state index contributed by atoms with van der Waals surface area (Å²) in [5.41, 5.74) is 6.49. The predicted octanol–water partition coefficient (Wildman–Crippen LogP) is 2.07. The van der Waals surface area contributed by atoms with Gasteiger partial charge in [0.05, 0.1) is 11.3 Å². The number of anilines is 1. The number of benzene rings is 1. The number of rotatable bonds is 4. The van der Waals surface area contributed by atoms with Crippen LogP contribution in [0.3, 0.4) is 0 Å². The smallest absolute Gasteiger partial charge is 0.250 e. The second-order valence-electron chi connectivity index (χ2n) is 4.86. The molecule has 1 aromatic carbocycles. The van der Waals surface area contributed by atoms with E-state index in [0.717, 1.165) is 0 Å². The largest absolute Gasteiger partial charge is 0.389 e. The highest BCUT2D eigenvalue weighted by molar-refractivity contribution is 7.80. The molecule has 0 aliphatic rings. The van der Waals surface area contributed by atoms with Gasteiger partial charge in [0.1, 0.15) is 11.6 Å². The SMILES string of the molecule is CC(C)(C)OCC(=O)Nc1ccccc1C(N)=S. The van der Waals surface area contributed by atoms with Crippen molar-refractivity contribution in [2.24, 2.45) is 5.73 Å². The van der Waals surface area contributed by atoms with E-state index in [-0.39, 0.29) is 23.1 Å². The van der Waals surface area contributed by atoms with Crippen LogP contribution in [0.4, 0.5) is 5.69 Å². The Balaban J connectivity index is 2.68. The Bertz CT molecular complexity index is 453. The van der Waals surface area contributed by atoms with Gasteiger partial charge < -0.3 is 15.8 Å². The first kappa shape index (κ1) is 14.6. The van der Waals surface area contributed by atoms with Crippen LogP contribution in [0, 0.1) is 0 Å². The Morgan fingerprint density at radius 3 is 2.56 bits per heavy atom. The number of hydrogen-bond donors (Lipinski definition) is 2. The summed E-state index contributed by atoms with van der Waals surface area (Å²) < 4.78 is 5.39. The van der Waals surface area contributed by atoms with Crippen molar-refractivity contribution in [2.75, 3.05) is 11.9 Å². The maximum absolute atomic E-state index is 11.7. The summed E-state index contributed by atoms with van der Waals surface area (Å²) >= 11 is 4.92. The van der Waals surface area contributed by atoms with Crippen molar-refractivity contribution in [2.45, 2.75) is 26.4 Å². The van der Waals surface area contributed by atoms with E-state index in [0.29, 0.717) is 11.3 Å². The molecule has 0 aromatic heterocycles. The minimum absolute atomic E-state index is 0.00479. The molecule has 0 radical (unpaired) electrons. The van der Waals surface area contributed by atoms with Gasteiger partial charge in [-0.1, -0.05) is 24.4 Å².